The number of nitrogens with zero attached hydrogens (tertiary/aromatic N) is 1. The molecule has 1 heterocycles. The highest BCUT2D eigenvalue weighted by atomic mass is 35.5. The fraction of sp³-hybridized carbons (Fsp3) is 0.350. The Bertz CT molecular complexity index is 743. The minimum atomic E-state index is -0.105. The fourth-order valence-corrected chi connectivity index (χ4v) is 3.41. The van der Waals surface area contributed by atoms with Gasteiger partial charge in [0.1, 0.15) is 0 Å². The van der Waals surface area contributed by atoms with Gasteiger partial charge in [0.25, 0.3) is 0 Å². The van der Waals surface area contributed by atoms with E-state index in [9.17, 15) is 4.79 Å². The van der Waals surface area contributed by atoms with E-state index in [1.54, 1.807) is 18.2 Å². The lowest BCUT2D eigenvalue weighted by Crippen LogP contribution is -2.29. The number of piperidine rings is 1. The van der Waals surface area contributed by atoms with Gasteiger partial charge < -0.3 is 15.5 Å². The van der Waals surface area contributed by atoms with E-state index in [1.807, 2.05) is 0 Å². The van der Waals surface area contributed by atoms with Crippen LogP contribution >= 0.6 is 23.2 Å². The van der Waals surface area contributed by atoms with E-state index in [1.165, 1.54) is 24.9 Å². The molecule has 1 saturated heterocycles. The van der Waals surface area contributed by atoms with E-state index in [4.69, 9.17) is 23.2 Å². The predicted molar refractivity (Wildman–Crippen MR) is 111 cm³/mol. The molecule has 3 rings (SSSR count). The number of rotatable bonds is 6. The zero-order valence-electron chi connectivity index (χ0n) is 14.6. The van der Waals surface area contributed by atoms with Crippen molar-refractivity contribution < 1.29 is 4.79 Å². The Kier molecular flexibility index (Phi) is 6.64. The monoisotopic (exact) mass is 391 g/mol. The van der Waals surface area contributed by atoms with Gasteiger partial charge in [-0.1, -0.05) is 23.2 Å². The number of benzene rings is 2. The molecule has 0 aliphatic carbocycles. The minimum Gasteiger partial charge on any atom is -0.385 e. The summed E-state index contributed by atoms with van der Waals surface area (Å²) in [5.41, 5.74) is 2.82. The molecule has 4 nitrogen and oxygen atoms in total. The van der Waals surface area contributed by atoms with Crippen LogP contribution in [0.15, 0.2) is 42.5 Å². The van der Waals surface area contributed by atoms with Crippen LogP contribution in [-0.2, 0) is 4.79 Å². The highest BCUT2D eigenvalue weighted by molar-refractivity contribution is 6.35. The predicted octanol–water partition coefficient (Wildman–Crippen LogP) is 5.42. The molecule has 2 aromatic carbocycles. The number of carbonyl (C=O) groups is 1. The molecule has 0 unspecified atom stereocenters. The van der Waals surface area contributed by atoms with Gasteiger partial charge in [-0.3, -0.25) is 4.79 Å². The summed E-state index contributed by atoms with van der Waals surface area (Å²) in [7, 11) is 0. The van der Waals surface area contributed by atoms with Crippen molar-refractivity contribution in [3.63, 3.8) is 0 Å². The number of halogens is 2. The third kappa shape index (κ3) is 5.29. The van der Waals surface area contributed by atoms with Crippen LogP contribution in [0.1, 0.15) is 25.7 Å². The number of nitrogens with one attached hydrogen (secondary N) is 2. The average molecular weight is 392 g/mol. The topological polar surface area (TPSA) is 44.4 Å². The van der Waals surface area contributed by atoms with E-state index in [-0.39, 0.29) is 5.91 Å². The van der Waals surface area contributed by atoms with Crippen LogP contribution < -0.4 is 15.5 Å². The highest BCUT2D eigenvalue weighted by Crippen LogP contribution is 2.25. The summed E-state index contributed by atoms with van der Waals surface area (Å²) < 4.78 is 0. The molecular formula is C20H23Cl2N3O. The smallest absolute Gasteiger partial charge is 0.226 e. The normalized spacial score (nSPS) is 14.2. The summed E-state index contributed by atoms with van der Waals surface area (Å²) >= 11 is 12.0. The zero-order chi connectivity index (χ0) is 18.4. The number of anilines is 3. The molecule has 2 aromatic rings. The van der Waals surface area contributed by atoms with E-state index >= 15 is 0 Å². The fourth-order valence-electron chi connectivity index (χ4n) is 3.07. The average Bonchev–Trinajstić information content (AvgIpc) is 2.66. The Hall–Kier alpha value is -1.91. The van der Waals surface area contributed by atoms with Crippen molar-refractivity contribution in [1.29, 1.82) is 0 Å². The van der Waals surface area contributed by atoms with Gasteiger partial charge in [0.05, 0.1) is 10.7 Å². The van der Waals surface area contributed by atoms with Crippen molar-refractivity contribution in [1.82, 2.24) is 0 Å². The second-order valence-corrected chi connectivity index (χ2v) is 7.29. The molecule has 26 heavy (non-hydrogen) atoms. The van der Waals surface area contributed by atoms with Gasteiger partial charge in [0.2, 0.25) is 5.91 Å². The van der Waals surface area contributed by atoms with Crippen LogP contribution in [0.5, 0.6) is 0 Å². The molecule has 138 valence electrons. The maximum Gasteiger partial charge on any atom is 0.226 e. The molecule has 0 bridgehead atoms. The first-order valence-corrected chi connectivity index (χ1v) is 9.71. The molecule has 6 heteroatoms. The molecule has 0 atom stereocenters. The summed E-state index contributed by atoms with van der Waals surface area (Å²) in [6.07, 6.45) is 4.22. The van der Waals surface area contributed by atoms with Gasteiger partial charge >= 0.3 is 0 Å². The number of hydrogen-bond donors (Lipinski definition) is 2. The first-order chi connectivity index (χ1) is 12.6. The van der Waals surface area contributed by atoms with Crippen LogP contribution in [0.3, 0.4) is 0 Å². The molecule has 1 aliphatic rings. The Labute approximate surface area is 164 Å². The second-order valence-electron chi connectivity index (χ2n) is 6.44. The van der Waals surface area contributed by atoms with Crippen LogP contribution in [0.4, 0.5) is 17.1 Å². The Balaban J connectivity index is 1.45. The molecular weight excluding hydrogens is 369 g/mol. The third-order valence-corrected chi connectivity index (χ3v) is 5.04. The maximum absolute atomic E-state index is 12.1. The molecule has 0 saturated carbocycles. The first-order valence-electron chi connectivity index (χ1n) is 8.95. The van der Waals surface area contributed by atoms with Crippen LogP contribution in [0, 0.1) is 0 Å². The van der Waals surface area contributed by atoms with Gasteiger partial charge in [0, 0.05) is 42.5 Å². The molecule has 1 fully saturated rings. The maximum atomic E-state index is 12.1. The summed E-state index contributed by atoms with van der Waals surface area (Å²) in [5, 5.41) is 7.08. The quantitative estimate of drug-likeness (QED) is 0.690. The van der Waals surface area contributed by atoms with E-state index in [2.05, 4.69) is 39.8 Å². The molecule has 1 amide bonds. The van der Waals surface area contributed by atoms with Gasteiger partial charge in [-0.15, -0.1) is 0 Å². The van der Waals surface area contributed by atoms with Crippen molar-refractivity contribution in [2.45, 2.75) is 25.7 Å². The minimum absolute atomic E-state index is 0.105. The van der Waals surface area contributed by atoms with Crippen molar-refractivity contribution in [3.05, 3.63) is 52.5 Å². The van der Waals surface area contributed by atoms with E-state index in [0.29, 0.717) is 28.7 Å². The Morgan fingerprint density at radius 2 is 1.73 bits per heavy atom. The van der Waals surface area contributed by atoms with Crippen LogP contribution in [-0.4, -0.2) is 25.5 Å². The lowest BCUT2D eigenvalue weighted by atomic mass is 10.1. The van der Waals surface area contributed by atoms with Crippen LogP contribution in [0.25, 0.3) is 0 Å². The zero-order valence-corrected chi connectivity index (χ0v) is 16.1. The largest absolute Gasteiger partial charge is 0.385 e. The second kappa shape index (κ2) is 9.15. The number of hydrogen-bond acceptors (Lipinski definition) is 3. The van der Waals surface area contributed by atoms with Crippen LogP contribution in [0.2, 0.25) is 10.0 Å². The molecule has 0 aromatic heterocycles. The summed E-state index contributed by atoms with van der Waals surface area (Å²) in [6.45, 7) is 2.82. The summed E-state index contributed by atoms with van der Waals surface area (Å²) in [4.78, 5) is 14.5. The molecule has 0 radical (unpaired) electrons. The standard InChI is InChI=1S/C20H23Cl2N3O/c21-15-4-9-18(22)19(14-15)24-20(26)10-11-23-16-5-7-17(8-6-16)25-12-2-1-3-13-25/h4-9,14,23H,1-3,10-13H2,(H,24,26). The SMILES string of the molecule is O=C(CCNc1ccc(N2CCCCC2)cc1)Nc1cc(Cl)ccc1Cl. The van der Waals surface area contributed by atoms with Crippen molar-refractivity contribution >= 4 is 46.2 Å². The Morgan fingerprint density at radius 1 is 1.00 bits per heavy atom. The number of amides is 1. The Morgan fingerprint density at radius 3 is 2.46 bits per heavy atom. The molecule has 1 aliphatic heterocycles. The van der Waals surface area contributed by atoms with Crippen molar-refractivity contribution in [2.24, 2.45) is 0 Å². The first kappa shape index (κ1) is 18.9. The van der Waals surface area contributed by atoms with E-state index in [0.717, 1.165) is 18.8 Å². The van der Waals surface area contributed by atoms with Crippen molar-refractivity contribution in [2.75, 3.05) is 35.2 Å². The number of carbonyl (C=O) groups excluding carboxylic acids is 1. The highest BCUT2D eigenvalue weighted by Gasteiger charge is 2.10. The van der Waals surface area contributed by atoms with Gasteiger partial charge in [-0.05, 0) is 61.7 Å². The van der Waals surface area contributed by atoms with Gasteiger partial charge in [0.15, 0.2) is 0 Å². The molecule has 2 N–H and O–H groups in total. The lowest BCUT2D eigenvalue weighted by molar-refractivity contribution is -0.115. The molecule has 0 spiro atoms. The summed E-state index contributed by atoms with van der Waals surface area (Å²) in [6, 6.07) is 13.4. The van der Waals surface area contributed by atoms with Crippen molar-refractivity contribution in [3.8, 4) is 0 Å². The van der Waals surface area contributed by atoms with Gasteiger partial charge in [-0.25, -0.2) is 0 Å². The summed E-state index contributed by atoms with van der Waals surface area (Å²) in [5.74, 6) is -0.105. The van der Waals surface area contributed by atoms with Gasteiger partial charge in [-0.2, -0.15) is 0 Å². The van der Waals surface area contributed by atoms with E-state index < -0.39 is 0 Å². The lowest BCUT2D eigenvalue weighted by Gasteiger charge is -2.28. The third-order valence-electron chi connectivity index (χ3n) is 4.47.